The van der Waals surface area contributed by atoms with Gasteiger partial charge in [0.1, 0.15) is 0 Å². The van der Waals surface area contributed by atoms with Crippen LogP contribution in [0.1, 0.15) is 51.0 Å². The number of benzene rings is 1. The highest BCUT2D eigenvalue weighted by Gasteiger charge is 2.27. The molecule has 1 amide bonds. The van der Waals surface area contributed by atoms with Crippen LogP contribution in [0.2, 0.25) is 0 Å². The van der Waals surface area contributed by atoms with Crippen molar-refractivity contribution in [1.82, 2.24) is 4.90 Å². The highest BCUT2D eigenvalue weighted by Crippen LogP contribution is 2.28. The number of nitrogens with two attached hydrogens (primary N) is 1. The lowest BCUT2D eigenvalue weighted by Crippen LogP contribution is -2.48. The maximum Gasteiger partial charge on any atom is 0.407 e. The van der Waals surface area contributed by atoms with Gasteiger partial charge in [0, 0.05) is 18.6 Å². The predicted octanol–water partition coefficient (Wildman–Crippen LogP) is 3.85. The molecule has 4 nitrogen and oxygen atoms in total. The van der Waals surface area contributed by atoms with Gasteiger partial charge in [-0.25, -0.2) is 4.79 Å². The Bertz CT molecular complexity index is 457. The van der Waals surface area contributed by atoms with Crippen molar-refractivity contribution in [3.63, 3.8) is 0 Å². The summed E-state index contributed by atoms with van der Waals surface area (Å²) in [5, 5.41) is 9.53. The van der Waals surface area contributed by atoms with E-state index in [0.717, 1.165) is 12.0 Å². The maximum absolute atomic E-state index is 11.6. The Morgan fingerprint density at radius 1 is 1.27 bits per heavy atom. The molecule has 0 unspecified atom stereocenters. The molecule has 1 saturated carbocycles. The molecular weight excluding hydrogens is 276 g/mol. The minimum atomic E-state index is -0.893. The molecule has 22 heavy (non-hydrogen) atoms. The van der Waals surface area contributed by atoms with Gasteiger partial charge in [0.05, 0.1) is 0 Å². The van der Waals surface area contributed by atoms with Crippen LogP contribution in [-0.2, 0) is 6.54 Å². The molecule has 0 aromatic heterocycles. The molecule has 122 valence electrons. The van der Waals surface area contributed by atoms with Crippen LogP contribution >= 0.6 is 0 Å². The Morgan fingerprint density at radius 3 is 2.50 bits per heavy atom. The van der Waals surface area contributed by atoms with Gasteiger partial charge in [-0.2, -0.15) is 0 Å². The van der Waals surface area contributed by atoms with Gasteiger partial charge in [-0.1, -0.05) is 62.4 Å². The van der Waals surface area contributed by atoms with Crippen molar-refractivity contribution in [2.75, 3.05) is 0 Å². The molecule has 0 radical (unpaired) electrons. The number of hydrogen-bond acceptors (Lipinski definition) is 2. The van der Waals surface area contributed by atoms with Crippen molar-refractivity contribution in [3.8, 4) is 0 Å². The molecule has 0 heterocycles. The topological polar surface area (TPSA) is 66.6 Å². The van der Waals surface area contributed by atoms with Gasteiger partial charge in [-0.3, -0.25) is 4.90 Å². The van der Waals surface area contributed by atoms with Crippen LogP contribution in [0, 0.1) is 5.92 Å². The third-order valence-electron chi connectivity index (χ3n) is 4.88. The van der Waals surface area contributed by atoms with Crippen molar-refractivity contribution < 1.29 is 9.90 Å². The molecule has 1 aromatic rings. The molecule has 2 atom stereocenters. The summed E-state index contributed by atoms with van der Waals surface area (Å²) in [5.74, 6) is 0.665. The van der Waals surface area contributed by atoms with Crippen LogP contribution in [0.4, 0.5) is 4.79 Å². The molecular formula is C18H28N2O2. The molecule has 1 aromatic carbocycles. The Balaban J connectivity index is 1.95. The Labute approximate surface area is 133 Å². The average Bonchev–Trinajstić information content (AvgIpc) is 2.53. The van der Waals surface area contributed by atoms with Gasteiger partial charge in [0.15, 0.2) is 0 Å². The van der Waals surface area contributed by atoms with Gasteiger partial charge in [0.25, 0.3) is 0 Å². The highest BCUT2D eigenvalue weighted by molar-refractivity contribution is 5.65. The van der Waals surface area contributed by atoms with Crippen molar-refractivity contribution >= 4 is 6.09 Å². The summed E-state index contributed by atoms with van der Waals surface area (Å²) in [7, 11) is 0. The zero-order valence-electron chi connectivity index (χ0n) is 13.4. The lowest BCUT2D eigenvalue weighted by atomic mass is 9.83. The van der Waals surface area contributed by atoms with E-state index in [1.54, 1.807) is 0 Å². The fourth-order valence-corrected chi connectivity index (χ4v) is 3.40. The van der Waals surface area contributed by atoms with Gasteiger partial charge >= 0.3 is 6.09 Å². The number of carbonyl (C=O) groups is 1. The Morgan fingerprint density at radius 2 is 1.91 bits per heavy atom. The molecule has 0 saturated heterocycles. The minimum Gasteiger partial charge on any atom is -0.465 e. The second kappa shape index (κ2) is 8.18. The normalized spacial score (nSPS) is 18.6. The number of carboxylic acid groups (broad SMARTS) is 1. The Kier molecular flexibility index (Phi) is 6.25. The third-order valence-corrected chi connectivity index (χ3v) is 4.88. The first-order valence-corrected chi connectivity index (χ1v) is 8.37. The van der Waals surface area contributed by atoms with E-state index in [1.165, 1.54) is 37.0 Å². The van der Waals surface area contributed by atoms with E-state index >= 15 is 0 Å². The largest absolute Gasteiger partial charge is 0.465 e. The third kappa shape index (κ3) is 4.73. The number of nitrogens with zero attached hydrogens (tertiary/aromatic N) is 1. The van der Waals surface area contributed by atoms with Crippen molar-refractivity contribution in [2.24, 2.45) is 11.7 Å². The highest BCUT2D eigenvalue weighted by atomic mass is 16.4. The fraction of sp³-hybridized carbons (Fsp3) is 0.611. The summed E-state index contributed by atoms with van der Waals surface area (Å²) in [6.45, 7) is 2.33. The molecule has 1 fully saturated rings. The average molecular weight is 304 g/mol. The lowest BCUT2D eigenvalue weighted by Gasteiger charge is -2.33. The molecule has 4 heteroatoms. The summed E-state index contributed by atoms with van der Waals surface area (Å²) in [4.78, 5) is 13.1. The van der Waals surface area contributed by atoms with E-state index < -0.39 is 6.09 Å². The minimum absolute atomic E-state index is 0.0945. The molecule has 0 aliphatic heterocycles. The molecule has 2 rings (SSSR count). The quantitative estimate of drug-likeness (QED) is 0.838. The van der Waals surface area contributed by atoms with Crippen molar-refractivity contribution in [2.45, 2.75) is 64.1 Å². The van der Waals surface area contributed by atoms with Gasteiger partial charge in [-0.15, -0.1) is 0 Å². The van der Waals surface area contributed by atoms with Crippen LogP contribution in [0.5, 0.6) is 0 Å². The first kappa shape index (κ1) is 16.8. The zero-order chi connectivity index (χ0) is 15.9. The SMILES string of the molecule is C[C@H]([C@@H](N)CC1CCCCC1)N(Cc1ccccc1)C(=O)O. The molecule has 3 N–H and O–H groups in total. The number of hydrogen-bond donors (Lipinski definition) is 2. The molecule has 1 aliphatic carbocycles. The Hall–Kier alpha value is -1.55. The van der Waals surface area contributed by atoms with Crippen LogP contribution in [0.25, 0.3) is 0 Å². The first-order chi connectivity index (χ1) is 10.6. The van der Waals surface area contributed by atoms with Gasteiger partial charge in [0.2, 0.25) is 0 Å². The first-order valence-electron chi connectivity index (χ1n) is 8.37. The standard InChI is InChI=1S/C18H28N2O2/c1-14(17(19)12-15-8-4-2-5-9-15)20(18(21)22)13-16-10-6-3-7-11-16/h3,6-7,10-11,14-15,17H,2,4-5,8-9,12-13,19H2,1H3,(H,21,22)/t14-,17+/m1/s1. The van der Waals surface area contributed by atoms with E-state index in [1.807, 2.05) is 37.3 Å². The summed E-state index contributed by atoms with van der Waals surface area (Å²) in [5.41, 5.74) is 7.34. The fourth-order valence-electron chi connectivity index (χ4n) is 3.40. The summed E-state index contributed by atoms with van der Waals surface area (Å²) in [6.07, 6.45) is 6.43. The second-order valence-corrected chi connectivity index (χ2v) is 6.54. The summed E-state index contributed by atoms with van der Waals surface area (Å²) < 4.78 is 0. The van der Waals surface area contributed by atoms with Crippen LogP contribution in [0.3, 0.4) is 0 Å². The van der Waals surface area contributed by atoms with Crippen LogP contribution in [-0.4, -0.2) is 28.2 Å². The molecule has 0 spiro atoms. The molecule has 0 bridgehead atoms. The van der Waals surface area contributed by atoms with Crippen LogP contribution in [0.15, 0.2) is 30.3 Å². The van der Waals surface area contributed by atoms with Crippen molar-refractivity contribution in [1.29, 1.82) is 0 Å². The van der Waals surface area contributed by atoms with Crippen LogP contribution < -0.4 is 5.73 Å². The van der Waals surface area contributed by atoms with Crippen molar-refractivity contribution in [3.05, 3.63) is 35.9 Å². The number of rotatable bonds is 6. The van der Waals surface area contributed by atoms with E-state index in [9.17, 15) is 9.90 Å². The van der Waals surface area contributed by atoms with E-state index in [2.05, 4.69) is 0 Å². The lowest BCUT2D eigenvalue weighted by molar-refractivity contribution is 0.112. The maximum atomic E-state index is 11.6. The predicted molar refractivity (Wildman–Crippen MR) is 88.6 cm³/mol. The van der Waals surface area contributed by atoms with Gasteiger partial charge in [-0.05, 0) is 24.8 Å². The summed E-state index contributed by atoms with van der Waals surface area (Å²) >= 11 is 0. The monoisotopic (exact) mass is 304 g/mol. The second-order valence-electron chi connectivity index (χ2n) is 6.54. The smallest absolute Gasteiger partial charge is 0.407 e. The zero-order valence-corrected chi connectivity index (χ0v) is 13.4. The van der Waals surface area contributed by atoms with E-state index in [-0.39, 0.29) is 12.1 Å². The molecule has 1 aliphatic rings. The van der Waals surface area contributed by atoms with Gasteiger partial charge < -0.3 is 10.8 Å². The number of amides is 1. The van der Waals surface area contributed by atoms with E-state index in [0.29, 0.717) is 12.5 Å². The summed E-state index contributed by atoms with van der Waals surface area (Å²) in [6, 6.07) is 9.45. The van der Waals surface area contributed by atoms with E-state index in [4.69, 9.17) is 5.73 Å².